The minimum atomic E-state index is 0.220. The van der Waals surface area contributed by atoms with Crippen LogP contribution in [0.5, 0.6) is 0 Å². The van der Waals surface area contributed by atoms with Crippen LogP contribution in [-0.2, 0) is 4.79 Å². The van der Waals surface area contributed by atoms with Gasteiger partial charge in [0.1, 0.15) is 0 Å². The Kier molecular flexibility index (Phi) is 5.69. The van der Waals surface area contributed by atoms with Crippen LogP contribution >= 0.6 is 0 Å². The van der Waals surface area contributed by atoms with E-state index in [2.05, 4.69) is 37.4 Å². The van der Waals surface area contributed by atoms with Crippen LogP contribution < -0.4 is 5.32 Å². The Hall–Kier alpha value is -1.51. The summed E-state index contributed by atoms with van der Waals surface area (Å²) in [7, 11) is 0. The van der Waals surface area contributed by atoms with Crippen LogP contribution in [0.1, 0.15) is 31.4 Å². The number of aryl methyl sites for hydroxylation is 2. The number of hydrogen-bond acceptors (Lipinski definition) is 2. The molecule has 3 heteroatoms. The summed E-state index contributed by atoms with van der Waals surface area (Å²) in [6.07, 6.45) is 0.551. The van der Waals surface area contributed by atoms with E-state index in [1.807, 2.05) is 18.7 Å². The number of anilines is 1. The van der Waals surface area contributed by atoms with Gasteiger partial charge in [-0.25, -0.2) is 0 Å². The maximum atomic E-state index is 11.8. The van der Waals surface area contributed by atoms with Gasteiger partial charge in [0.15, 0.2) is 0 Å². The summed E-state index contributed by atoms with van der Waals surface area (Å²) >= 11 is 0. The van der Waals surface area contributed by atoms with Gasteiger partial charge in [0.25, 0.3) is 0 Å². The van der Waals surface area contributed by atoms with Crippen molar-refractivity contribution in [2.24, 2.45) is 0 Å². The molecule has 0 heterocycles. The molecule has 0 fully saturated rings. The normalized spacial score (nSPS) is 10.2. The second kappa shape index (κ2) is 7.04. The van der Waals surface area contributed by atoms with E-state index in [1.165, 1.54) is 11.1 Å². The van der Waals surface area contributed by atoms with Crippen molar-refractivity contribution < 1.29 is 4.79 Å². The second-order valence-corrected chi connectivity index (χ2v) is 4.56. The molecule has 100 valence electrons. The largest absolute Gasteiger partial charge is 0.384 e. The summed E-state index contributed by atoms with van der Waals surface area (Å²) in [4.78, 5) is 13.7. The third-order valence-corrected chi connectivity index (χ3v) is 3.16. The molecule has 3 nitrogen and oxygen atoms in total. The van der Waals surface area contributed by atoms with Crippen molar-refractivity contribution in [2.45, 2.75) is 34.1 Å². The van der Waals surface area contributed by atoms with E-state index < -0.39 is 0 Å². The zero-order valence-electron chi connectivity index (χ0n) is 11.9. The lowest BCUT2D eigenvalue weighted by atomic mass is 10.1. The van der Waals surface area contributed by atoms with E-state index in [1.54, 1.807) is 0 Å². The summed E-state index contributed by atoms with van der Waals surface area (Å²) in [5.41, 5.74) is 3.58. The molecule has 1 rings (SSSR count). The molecule has 0 unspecified atom stereocenters. The fourth-order valence-corrected chi connectivity index (χ4v) is 1.96. The first-order valence-electron chi connectivity index (χ1n) is 6.67. The van der Waals surface area contributed by atoms with Gasteiger partial charge < -0.3 is 10.2 Å². The average molecular weight is 248 g/mol. The lowest BCUT2D eigenvalue weighted by molar-refractivity contribution is -0.130. The van der Waals surface area contributed by atoms with E-state index >= 15 is 0 Å². The number of rotatable bonds is 6. The molecule has 18 heavy (non-hydrogen) atoms. The van der Waals surface area contributed by atoms with Gasteiger partial charge in [0.05, 0.1) is 0 Å². The molecule has 1 N–H and O–H groups in total. The Balaban J connectivity index is 2.46. The monoisotopic (exact) mass is 248 g/mol. The van der Waals surface area contributed by atoms with Gasteiger partial charge in [-0.3, -0.25) is 4.79 Å². The number of benzene rings is 1. The number of carbonyl (C=O) groups excluding carboxylic acids is 1. The number of amides is 1. The van der Waals surface area contributed by atoms with Crippen molar-refractivity contribution in [1.29, 1.82) is 0 Å². The summed E-state index contributed by atoms with van der Waals surface area (Å²) in [5, 5.41) is 3.34. The van der Waals surface area contributed by atoms with Crippen molar-refractivity contribution in [3.8, 4) is 0 Å². The standard InChI is InChI=1S/C15H24N2O/c1-5-17(6-2)15(18)9-10-16-14-11-12(3)7-8-13(14)4/h7-8,11,16H,5-6,9-10H2,1-4H3. The van der Waals surface area contributed by atoms with Crippen molar-refractivity contribution >= 4 is 11.6 Å². The first kappa shape index (κ1) is 14.6. The quantitative estimate of drug-likeness (QED) is 0.839. The third-order valence-electron chi connectivity index (χ3n) is 3.16. The Morgan fingerprint density at radius 3 is 2.50 bits per heavy atom. The van der Waals surface area contributed by atoms with Crippen molar-refractivity contribution in [3.63, 3.8) is 0 Å². The first-order valence-corrected chi connectivity index (χ1v) is 6.67. The summed E-state index contributed by atoms with van der Waals surface area (Å²) in [6.45, 7) is 10.5. The number of nitrogens with one attached hydrogen (secondary N) is 1. The van der Waals surface area contributed by atoms with Crippen LogP contribution in [0, 0.1) is 13.8 Å². The summed E-state index contributed by atoms with van der Waals surface area (Å²) in [6, 6.07) is 6.32. The Labute approximate surface area is 110 Å². The van der Waals surface area contributed by atoms with Gasteiger partial charge in [-0.15, -0.1) is 0 Å². The molecule has 0 aliphatic heterocycles. The first-order chi connectivity index (χ1) is 8.58. The lowest BCUT2D eigenvalue weighted by Crippen LogP contribution is -2.31. The van der Waals surface area contributed by atoms with Gasteiger partial charge in [-0.1, -0.05) is 12.1 Å². The molecule has 0 radical (unpaired) electrons. The second-order valence-electron chi connectivity index (χ2n) is 4.56. The molecule has 0 aromatic heterocycles. The Bertz CT molecular complexity index is 397. The van der Waals surface area contributed by atoms with Crippen LogP contribution in [0.15, 0.2) is 18.2 Å². The molecule has 1 amide bonds. The molecule has 0 atom stereocenters. The van der Waals surface area contributed by atoms with Crippen LogP contribution in [0.25, 0.3) is 0 Å². The number of carbonyl (C=O) groups is 1. The summed E-state index contributed by atoms with van der Waals surface area (Å²) in [5.74, 6) is 0.220. The zero-order valence-corrected chi connectivity index (χ0v) is 11.9. The van der Waals surface area contributed by atoms with Crippen LogP contribution in [0.3, 0.4) is 0 Å². The Morgan fingerprint density at radius 2 is 1.89 bits per heavy atom. The molecule has 1 aromatic rings. The molecule has 0 aliphatic rings. The highest BCUT2D eigenvalue weighted by atomic mass is 16.2. The van der Waals surface area contributed by atoms with Crippen LogP contribution in [0.4, 0.5) is 5.69 Å². The molecule has 0 saturated heterocycles. The highest BCUT2D eigenvalue weighted by Crippen LogP contribution is 2.16. The molecule has 1 aromatic carbocycles. The fraction of sp³-hybridized carbons (Fsp3) is 0.533. The molecular formula is C15H24N2O. The van der Waals surface area contributed by atoms with E-state index in [-0.39, 0.29) is 5.91 Å². The molecule has 0 aliphatic carbocycles. The predicted octanol–water partition coefficient (Wildman–Crippen LogP) is 2.97. The number of nitrogens with zero attached hydrogens (tertiary/aromatic N) is 1. The van der Waals surface area contributed by atoms with E-state index in [0.29, 0.717) is 13.0 Å². The SMILES string of the molecule is CCN(CC)C(=O)CCNc1cc(C)ccc1C. The maximum absolute atomic E-state index is 11.8. The average Bonchev–Trinajstić information content (AvgIpc) is 2.35. The van der Waals surface area contributed by atoms with Gasteiger partial charge in [-0.05, 0) is 44.9 Å². The van der Waals surface area contributed by atoms with Crippen LogP contribution in [-0.4, -0.2) is 30.4 Å². The lowest BCUT2D eigenvalue weighted by Gasteiger charge is -2.19. The fourth-order valence-electron chi connectivity index (χ4n) is 1.96. The van der Waals surface area contributed by atoms with E-state index in [0.717, 1.165) is 18.8 Å². The third kappa shape index (κ3) is 4.06. The minimum absolute atomic E-state index is 0.220. The van der Waals surface area contributed by atoms with Crippen LogP contribution in [0.2, 0.25) is 0 Å². The predicted molar refractivity (Wildman–Crippen MR) is 77.0 cm³/mol. The molecule has 0 spiro atoms. The van der Waals surface area contributed by atoms with Crippen molar-refractivity contribution in [1.82, 2.24) is 4.90 Å². The van der Waals surface area contributed by atoms with Gasteiger partial charge in [0, 0.05) is 31.7 Å². The highest BCUT2D eigenvalue weighted by Gasteiger charge is 2.08. The molecular weight excluding hydrogens is 224 g/mol. The van der Waals surface area contributed by atoms with Crippen molar-refractivity contribution in [3.05, 3.63) is 29.3 Å². The summed E-state index contributed by atoms with van der Waals surface area (Å²) < 4.78 is 0. The van der Waals surface area contributed by atoms with E-state index in [9.17, 15) is 4.79 Å². The zero-order chi connectivity index (χ0) is 13.5. The molecule has 0 saturated carbocycles. The smallest absolute Gasteiger partial charge is 0.224 e. The van der Waals surface area contributed by atoms with Crippen molar-refractivity contribution in [2.75, 3.05) is 25.0 Å². The Morgan fingerprint density at radius 1 is 1.22 bits per heavy atom. The van der Waals surface area contributed by atoms with Gasteiger partial charge >= 0.3 is 0 Å². The molecule has 0 bridgehead atoms. The van der Waals surface area contributed by atoms with Gasteiger partial charge in [-0.2, -0.15) is 0 Å². The minimum Gasteiger partial charge on any atom is -0.384 e. The van der Waals surface area contributed by atoms with E-state index in [4.69, 9.17) is 0 Å². The number of hydrogen-bond donors (Lipinski definition) is 1. The maximum Gasteiger partial charge on any atom is 0.224 e. The highest BCUT2D eigenvalue weighted by molar-refractivity contribution is 5.76. The van der Waals surface area contributed by atoms with Gasteiger partial charge in [0.2, 0.25) is 5.91 Å². The topological polar surface area (TPSA) is 32.3 Å².